The molecule has 118 valence electrons. The number of benzene rings is 1. The zero-order valence-electron chi connectivity index (χ0n) is 12.4. The summed E-state index contributed by atoms with van der Waals surface area (Å²) in [6, 6.07) is 4.98. The van der Waals surface area contributed by atoms with Gasteiger partial charge in [-0.15, -0.1) is 0 Å². The summed E-state index contributed by atoms with van der Waals surface area (Å²) in [6.45, 7) is 5.45. The molecule has 0 saturated heterocycles. The fourth-order valence-corrected chi connectivity index (χ4v) is 2.52. The van der Waals surface area contributed by atoms with Gasteiger partial charge in [-0.25, -0.2) is 0 Å². The van der Waals surface area contributed by atoms with Crippen LogP contribution in [0.3, 0.4) is 0 Å². The lowest BCUT2D eigenvalue weighted by Gasteiger charge is -2.38. The van der Waals surface area contributed by atoms with Crippen LogP contribution in [0.4, 0.5) is 13.2 Å². The Balaban J connectivity index is 2.21. The maximum atomic E-state index is 12.2. The summed E-state index contributed by atoms with van der Waals surface area (Å²) in [5.41, 5.74) is 0.582. The molecule has 1 aromatic rings. The standard InChI is InChI=1S/C15H20F3NO2/c1-4-19-12-8-14(2,3)21-13-7-10(5-6-11(12)13)20-9-15(16,17)18/h5-7,12,19H,4,8-9H2,1-3H3. The van der Waals surface area contributed by atoms with Gasteiger partial charge >= 0.3 is 6.18 Å². The van der Waals surface area contributed by atoms with Crippen LogP contribution in [0, 0.1) is 0 Å². The highest BCUT2D eigenvalue weighted by Crippen LogP contribution is 2.41. The maximum Gasteiger partial charge on any atom is 0.422 e. The van der Waals surface area contributed by atoms with Crippen molar-refractivity contribution < 1.29 is 22.6 Å². The molecular weight excluding hydrogens is 283 g/mol. The van der Waals surface area contributed by atoms with Gasteiger partial charge in [0.15, 0.2) is 6.61 Å². The number of alkyl halides is 3. The van der Waals surface area contributed by atoms with Gasteiger partial charge in [0.05, 0.1) is 0 Å². The molecule has 21 heavy (non-hydrogen) atoms. The predicted molar refractivity (Wildman–Crippen MR) is 73.7 cm³/mol. The molecule has 0 bridgehead atoms. The molecule has 0 amide bonds. The highest BCUT2D eigenvalue weighted by atomic mass is 19.4. The van der Waals surface area contributed by atoms with Crippen LogP contribution >= 0.6 is 0 Å². The second-order valence-corrected chi connectivity index (χ2v) is 5.78. The van der Waals surface area contributed by atoms with Crippen molar-refractivity contribution in [1.29, 1.82) is 0 Å². The quantitative estimate of drug-likeness (QED) is 0.916. The fourth-order valence-electron chi connectivity index (χ4n) is 2.52. The lowest BCUT2D eigenvalue weighted by atomic mass is 9.89. The van der Waals surface area contributed by atoms with Crippen LogP contribution in [0.25, 0.3) is 0 Å². The van der Waals surface area contributed by atoms with E-state index >= 15 is 0 Å². The maximum absolute atomic E-state index is 12.2. The van der Waals surface area contributed by atoms with Gasteiger partial charge in [-0.05, 0) is 26.5 Å². The Kier molecular flexibility index (Phi) is 4.37. The van der Waals surface area contributed by atoms with Gasteiger partial charge in [-0.2, -0.15) is 13.2 Å². The third-order valence-electron chi connectivity index (χ3n) is 3.30. The molecule has 1 N–H and O–H groups in total. The van der Waals surface area contributed by atoms with E-state index < -0.39 is 12.8 Å². The Hall–Kier alpha value is -1.43. The molecule has 2 rings (SSSR count). The van der Waals surface area contributed by atoms with Crippen LogP contribution in [0.1, 0.15) is 38.8 Å². The minimum atomic E-state index is -4.34. The van der Waals surface area contributed by atoms with Gasteiger partial charge in [0.25, 0.3) is 0 Å². The molecule has 6 heteroatoms. The minimum Gasteiger partial charge on any atom is -0.487 e. The topological polar surface area (TPSA) is 30.5 Å². The monoisotopic (exact) mass is 303 g/mol. The number of ether oxygens (including phenoxy) is 2. The fraction of sp³-hybridized carbons (Fsp3) is 0.600. The molecule has 1 aromatic carbocycles. The van der Waals surface area contributed by atoms with E-state index in [4.69, 9.17) is 9.47 Å². The molecule has 0 radical (unpaired) electrons. The summed E-state index contributed by atoms with van der Waals surface area (Å²) in [5, 5.41) is 3.37. The minimum absolute atomic E-state index is 0.130. The average Bonchev–Trinajstić information content (AvgIpc) is 2.34. The van der Waals surface area contributed by atoms with E-state index in [1.54, 1.807) is 12.1 Å². The first kappa shape index (κ1) is 15.9. The van der Waals surface area contributed by atoms with Crippen molar-refractivity contribution in [2.75, 3.05) is 13.2 Å². The molecule has 3 nitrogen and oxygen atoms in total. The summed E-state index contributed by atoms with van der Waals surface area (Å²) in [4.78, 5) is 0. The summed E-state index contributed by atoms with van der Waals surface area (Å²) in [7, 11) is 0. The molecule has 1 atom stereocenters. The van der Waals surface area contributed by atoms with Crippen molar-refractivity contribution in [3.63, 3.8) is 0 Å². The molecular formula is C15H20F3NO2. The number of nitrogens with one attached hydrogen (secondary N) is 1. The first-order valence-corrected chi connectivity index (χ1v) is 6.96. The second-order valence-electron chi connectivity index (χ2n) is 5.78. The van der Waals surface area contributed by atoms with E-state index in [9.17, 15) is 13.2 Å². The molecule has 1 aliphatic rings. The Morgan fingerprint density at radius 2 is 2.10 bits per heavy atom. The normalized spacial score (nSPS) is 20.6. The van der Waals surface area contributed by atoms with Crippen LogP contribution in [0.2, 0.25) is 0 Å². The van der Waals surface area contributed by atoms with Crippen molar-refractivity contribution in [3.8, 4) is 11.5 Å². The first-order chi connectivity index (χ1) is 9.70. The van der Waals surface area contributed by atoms with Crippen LogP contribution in [-0.2, 0) is 0 Å². The van der Waals surface area contributed by atoms with Gasteiger partial charge in [0.1, 0.15) is 17.1 Å². The van der Waals surface area contributed by atoms with Crippen molar-refractivity contribution in [2.24, 2.45) is 0 Å². The van der Waals surface area contributed by atoms with Gasteiger partial charge in [0.2, 0.25) is 0 Å². The zero-order valence-corrected chi connectivity index (χ0v) is 12.4. The summed E-state index contributed by atoms with van der Waals surface area (Å²) >= 11 is 0. The zero-order chi connectivity index (χ0) is 15.7. The predicted octanol–water partition coefficient (Wildman–Crippen LogP) is 3.84. The van der Waals surface area contributed by atoms with Crippen molar-refractivity contribution in [2.45, 2.75) is 45.0 Å². The molecule has 1 aliphatic heterocycles. The third kappa shape index (κ3) is 4.27. The smallest absolute Gasteiger partial charge is 0.422 e. The van der Waals surface area contributed by atoms with Gasteiger partial charge in [0, 0.05) is 24.1 Å². The van der Waals surface area contributed by atoms with E-state index in [-0.39, 0.29) is 17.4 Å². The number of rotatable bonds is 4. The largest absolute Gasteiger partial charge is 0.487 e. The lowest BCUT2D eigenvalue weighted by Crippen LogP contribution is -2.39. The van der Waals surface area contributed by atoms with Crippen LogP contribution < -0.4 is 14.8 Å². The van der Waals surface area contributed by atoms with E-state index in [2.05, 4.69) is 5.32 Å². The van der Waals surface area contributed by atoms with Gasteiger partial charge in [-0.3, -0.25) is 0 Å². The Morgan fingerprint density at radius 1 is 1.38 bits per heavy atom. The van der Waals surface area contributed by atoms with Crippen LogP contribution in [-0.4, -0.2) is 24.9 Å². The van der Waals surface area contributed by atoms with Crippen LogP contribution in [0.5, 0.6) is 11.5 Å². The number of hydrogen-bond acceptors (Lipinski definition) is 3. The Labute approximate surface area is 122 Å². The average molecular weight is 303 g/mol. The van der Waals surface area contributed by atoms with E-state index in [1.807, 2.05) is 20.8 Å². The Morgan fingerprint density at radius 3 is 2.71 bits per heavy atom. The highest BCUT2D eigenvalue weighted by molar-refractivity contribution is 5.44. The van der Waals surface area contributed by atoms with Gasteiger partial charge in [-0.1, -0.05) is 13.0 Å². The molecule has 0 saturated carbocycles. The Bertz CT molecular complexity index is 500. The van der Waals surface area contributed by atoms with Crippen molar-refractivity contribution >= 4 is 0 Å². The SMILES string of the molecule is CCNC1CC(C)(C)Oc2cc(OCC(F)(F)F)ccc21. The van der Waals surface area contributed by atoms with Crippen molar-refractivity contribution in [3.05, 3.63) is 23.8 Å². The van der Waals surface area contributed by atoms with E-state index in [0.717, 1.165) is 18.5 Å². The number of fused-ring (bicyclic) bond motifs is 1. The molecule has 0 aromatic heterocycles. The first-order valence-electron chi connectivity index (χ1n) is 6.96. The van der Waals surface area contributed by atoms with Gasteiger partial charge < -0.3 is 14.8 Å². The van der Waals surface area contributed by atoms with Crippen LogP contribution in [0.15, 0.2) is 18.2 Å². The third-order valence-corrected chi connectivity index (χ3v) is 3.30. The molecule has 0 spiro atoms. The second kappa shape index (κ2) is 5.75. The van der Waals surface area contributed by atoms with E-state index in [1.165, 1.54) is 6.07 Å². The number of halogens is 3. The molecule has 0 aliphatic carbocycles. The molecule has 0 fully saturated rings. The van der Waals surface area contributed by atoms with E-state index in [0.29, 0.717) is 5.75 Å². The molecule has 1 unspecified atom stereocenters. The number of hydrogen-bond donors (Lipinski definition) is 1. The molecule has 1 heterocycles. The summed E-state index contributed by atoms with van der Waals surface area (Å²) < 4.78 is 47.2. The summed E-state index contributed by atoms with van der Waals surface area (Å²) in [5.74, 6) is 0.746. The summed E-state index contributed by atoms with van der Waals surface area (Å²) in [6.07, 6.45) is -3.54. The highest BCUT2D eigenvalue weighted by Gasteiger charge is 2.34. The van der Waals surface area contributed by atoms with Crippen molar-refractivity contribution in [1.82, 2.24) is 5.32 Å². The lowest BCUT2D eigenvalue weighted by molar-refractivity contribution is -0.153.